The highest BCUT2D eigenvalue weighted by atomic mass is 16.2. The maximum atomic E-state index is 11.3. The average Bonchev–Trinajstić information content (AvgIpc) is 2.76. The molecule has 0 fully saturated rings. The molecule has 0 bridgehead atoms. The van der Waals surface area contributed by atoms with Crippen molar-refractivity contribution in [3.05, 3.63) is 25.0 Å². The third-order valence-corrected chi connectivity index (χ3v) is 1.49. The first-order valence-corrected chi connectivity index (χ1v) is 3.89. The number of aromatic amines is 2. The summed E-state index contributed by atoms with van der Waals surface area (Å²) in [5.41, 5.74) is 0. The number of nitrogens with zero attached hydrogens (tertiary/aromatic N) is 2. The largest absolute Gasteiger partial charge is 0.331 e. The van der Waals surface area contributed by atoms with Crippen molar-refractivity contribution in [1.29, 1.82) is 0 Å². The number of nitrogens with one attached hydrogen (secondary N) is 4. The molecule has 0 saturated heterocycles. The van der Waals surface area contributed by atoms with Crippen LogP contribution in [0, 0.1) is 0 Å². The quantitative estimate of drug-likeness (QED) is 0.565. The van der Waals surface area contributed by atoms with E-state index in [0.29, 0.717) is 11.6 Å². The molecule has 0 aliphatic rings. The van der Waals surface area contributed by atoms with Crippen molar-refractivity contribution in [2.45, 2.75) is 0 Å². The van der Waals surface area contributed by atoms with Gasteiger partial charge in [-0.25, -0.2) is 14.8 Å². The molecule has 0 radical (unpaired) electrons. The van der Waals surface area contributed by atoms with E-state index in [1.165, 1.54) is 25.0 Å². The predicted molar refractivity (Wildman–Crippen MR) is 49.8 cm³/mol. The van der Waals surface area contributed by atoms with E-state index in [-0.39, 0.29) is 6.03 Å². The van der Waals surface area contributed by atoms with E-state index in [1.54, 1.807) is 0 Å². The van der Waals surface area contributed by atoms with Gasteiger partial charge in [0.25, 0.3) is 0 Å². The van der Waals surface area contributed by atoms with Gasteiger partial charge in [-0.15, -0.1) is 0 Å². The van der Waals surface area contributed by atoms with Gasteiger partial charge in [0.15, 0.2) is 0 Å². The Bertz CT molecular complexity index is 354. The molecule has 7 heteroatoms. The van der Waals surface area contributed by atoms with E-state index in [1.807, 2.05) is 0 Å². The number of rotatable bonds is 2. The third kappa shape index (κ3) is 1.89. The van der Waals surface area contributed by atoms with Crippen LogP contribution >= 0.6 is 0 Å². The summed E-state index contributed by atoms with van der Waals surface area (Å²) in [6.07, 6.45) is 5.97. The lowest BCUT2D eigenvalue weighted by atomic mass is 10.7. The van der Waals surface area contributed by atoms with Crippen LogP contribution in [-0.4, -0.2) is 26.0 Å². The minimum atomic E-state index is -0.362. The number of carbonyl (C=O) groups excluding carboxylic acids is 1. The van der Waals surface area contributed by atoms with Crippen LogP contribution in [0.1, 0.15) is 0 Å². The van der Waals surface area contributed by atoms with Crippen molar-refractivity contribution in [3.8, 4) is 0 Å². The van der Waals surface area contributed by atoms with E-state index in [2.05, 4.69) is 30.6 Å². The Morgan fingerprint density at radius 1 is 1.07 bits per heavy atom. The summed E-state index contributed by atoms with van der Waals surface area (Å²) in [5, 5.41) is 5.09. The lowest BCUT2D eigenvalue weighted by Gasteiger charge is -2.02. The van der Waals surface area contributed by atoms with Crippen molar-refractivity contribution >= 4 is 17.7 Å². The Morgan fingerprint density at radius 3 is 1.93 bits per heavy atom. The van der Waals surface area contributed by atoms with Crippen LogP contribution in [0.2, 0.25) is 0 Å². The first kappa shape index (κ1) is 8.30. The van der Waals surface area contributed by atoms with Gasteiger partial charge in [0.2, 0.25) is 0 Å². The summed E-state index contributed by atoms with van der Waals surface area (Å²) < 4.78 is 0. The van der Waals surface area contributed by atoms with Gasteiger partial charge in [0.1, 0.15) is 11.6 Å². The van der Waals surface area contributed by atoms with Crippen LogP contribution < -0.4 is 10.6 Å². The van der Waals surface area contributed by atoms with Crippen molar-refractivity contribution < 1.29 is 4.79 Å². The van der Waals surface area contributed by atoms with Crippen molar-refractivity contribution in [3.63, 3.8) is 0 Å². The van der Waals surface area contributed by atoms with E-state index in [4.69, 9.17) is 0 Å². The molecule has 0 aliphatic carbocycles. The number of aromatic nitrogens is 4. The molecule has 14 heavy (non-hydrogen) atoms. The predicted octanol–water partition coefficient (Wildman–Crippen LogP) is 0.777. The molecule has 72 valence electrons. The summed E-state index contributed by atoms with van der Waals surface area (Å²) in [6, 6.07) is -0.362. The number of hydrogen-bond acceptors (Lipinski definition) is 3. The lowest BCUT2D eigenvalue weighted by molar-refractivity contribution is 0.262. The first-order chi connectivity index (χ1) is 6.84. The Labute approximate surface area is 79.0 Å². The second-order valence-corrected chi connectivity index (χ2v) is 2.51. The van der Waals surface area contributed by atoms with Gasteiger partial charge in [0.05, 0.1) is 25.0 Å². The van der Waals surface area contributed by atoms with Gasteiger partial charge in [-0.05, 0) is 0 Å². The van der Waals surface area contributed by atoms with Crippen LogP contribution in [0.25, 0.3) is 0 Å². The van der Waals surface area contributed by atoms with Crippen LogP contribution in [0.5, 0.6) is 0 Å². The smallest absolute Gasteiger partial charge is 0.325 e. The number of hydrogen-bond donors (Lipinski definition) is 4. The molecule has 2 aromatic rings. The standard InChI is InChI=1S/C7H8N6O/c14-7(12-5-1-8-3-10-5)13-6-2-9-4-11-6/h1-4H,(H,8,10)(H,9,11)(H2,12,13,14). The van der Waals surface area contributed by atoms with Crippen LogP contribution in [0.4, 0.5) is 16.4 Å². The minimum absolute atomic E-state index is 0.362. The molecule has 0 aromatic carbocycles. The summed E-state index contributed by atoms with van der Waals surface area (Å²) in [5.74, 6) is 1.06. The second kappa shape index (κ2) is 3.60. The van der Waals surface area contributed by atoms with Gasteiger partial charge in [0, 0.05) is 0 Å². The summed E-state index contributed by atoms with van der Waals surface area (Å²) >= 11 is 0. The number of imidazole rings is 2. The highest BCUT2D eigenvalue weighted by Gasteiger charge is 2.02. The van der Waals surface area contributed by atoms with Gasteiger partial charge >= 0.3 is 6.03 Å². The summed E-state index contributed by atoms with van der Waals surface area (Å²) in [6.45, 7) is 0. The Balaban J connectivity index is 1.91. The molecule has 7 nitrogen and oxygen atoms in total. The van der Waals surface area contributed by atoms with E-state index in [0.717, 1.165) is 0 Å². The Morgan fingerprint density at radius 2 is 1.57 bits per heavy atom. The van der Waals surface area contributed by atoms with Gasteiger partial charge in [-0.1, -0.05) is 0 Å². The minimum Gasteiger partial charge on any atom is -0.331 e. The van der Waals surface area contributed by atoms with Gasteiger partial charge in [-0.2, -0.15) is 0 Å². The van der Waals surface area contributed by atoms with Crippen LogP contribution in [0.15, 0.2) is 25.0 Å². The van der Waals surface area contributed by atoms with Gasteiger partial charge < -0.3 is 9.97 Å². The van der Waals surface area contributed by atoms with E-state index in [9.17, 15) is 4.79 Å². The SMILES string of the molecule is O=C(Nc1cnc[nH]1)Nc1cnc[nH]1. The normalized spacial score (nSPS) is 9.71. The fourth-order valence-corrected chi connectivity index (χ4v) is 0.924. The molecule has 0 unspecified atom stereocenters. The lowest BCUT2D eigenvalue weighted by Crippen LogP contribution is -2.19. The molecule has 0 atom stereocenters. The number of anilines is 2. The molecule has 2 amide bonds. The number of H-pyrrole nitrogens is 2. The summed E-state index contributed by atoms with van der Waals surface area (Å²) in [7, 11) is 0. The highest BCUT2D eigenvalue weighted by molar-refractivity contribution is 5.98. The molecule has 2 heterocycles. The topological polar surface area (TPSA) is 98.5 Å². The van der Waals surface area contributed by atoms with Gasteiger partial charge in [-0.3, -0.25) is 10.6 Å². The molecule has 4 N–H and O–H groups in total. The summed E-state index contributed by atoms with van der Waals surface area (Å²) in [4.78, 5) is 24.2. The first-order valence-electron chi connectivity index (χ1n) is 3.89. The second-order valence-electron chi connectivity index (χ2n) is 2.51. The van der Waals surface area contributed by atoms with Crippen molar-refractivity contribution in [2.75, 3.05) is 10.6 Å². The number of amides is 2. The van der Waals surface area contributed by atoms with E-state index < -0.39 is 0 Å². The van der Waals surface area contributed by atoms with E-state index >= 15 is 0 Å². The van der Waals surface area contributed by atoms with Crippen LogP contribution in [-0.2, 0) is 0 Å². The monoisotopic (exact) mass is 192 g/mol. The van der Waals surface area contributed by atoms with Crippen LogP contribution in [0.3, 0.4) is 0 Å². The van der Waals surface area contributed by atoms with Crippen molar-refractivity contribution in [2.24, 2.45) is 0 Å². The molecule has 2 aromatic heterocycles. The molecular formula is C7H8N6O. The fourth-order valence-electron chi connectivity index (χ4n) is 0.924. The maximum Gasteiger partial charge on any atom is 0.325 e. The molecule has 2 rings (SSSR count). The zero-order chi connectivity index (χ0) is 9.80. The Kier molecular flexibility index (Phi) is 2.14. The number of carbonyl (C=O) groups is 1. The third-order valence-electron chi connectivity index (χ3n) is 1.49. The molecule has 0 spiro atoms. The molecular weight excluding hydrogens is 184 g/mol. The Hall–Kier alpha value is -2.31. The molecule has 0 aliphatic heterocycles. The zero-order valence-electron chi connectivity index (χ0n) is 7.11. The zero-order valence-corrected chi connectivity index (χ0v) is 7.11. The molecule has 0 saturated carbocycles. The average molecular weight is 192 g/mol. The maximum absolute atomic E-state index is 11.3. The highest BCUT2D eigenvalue weighted by Crippen LogP contribution is 2.01. The number of urea groups is 1. The van der Waals surface area contributed by atoms with Crippen molar-refractivity contribution in [1.82, 2.24) is 19.9 Å². The fraction of sp³-hybridized carbons (Fsp3) is 0.